The fourth-order valence-electron chi connectivity index (χ4n) is 5.07. The molecule has 1 aliphatic rings. The van der Waals surface area contributed by atoms with Gasteiger partial charge in [0.1, 0.15) is 0 Å². The Kier molecular flexibility index (Phi) is 7.42. The molecule has 0 fully saturated rings. The maximum Gasteiger partial charge on any atom is 0.347 e. The molecule has 0 saturated carbocycles. The summed E-state index contributed by atoms with van der Waals surface area (Å²) in [5.41, 5.74) is 0. The van der Waals surface area contributed by atoms with E-state index in [1.165, 1.54) is 15.6 Å². The van der Waals surface area contributed by atoms with Crippen LogP contribution in [-0.4, -0.2) is 26.8 Å². The Morgan fingerprint density at radius 2 is 1.55 bits per heavy atom. The molecule has 1 atom stereocenters. The molecule has 3 nitrogen and oxygen atoms in total. The van der Waals surface area contributed by atoms with E-state index >= 15 is 0 Å². The van der Waals surface area contributed by atoms with Gasteiger partial charge in [-0.25, -0.2) is 4.79 Å². The van der Waals surface area contributed by atoms with Crippen LogP contribution in [0, 0.1) is 0 Å². The van der Waals surface area contributed by atoms with Gasteiger partial charge in [0.05, 0.1) is 12.4 Å². The molecular formula is C27H36O3Si. The standard InChI is InChI=1S/C27H36O3Si/c1-6-8-19-23-25(20-24(30-23)26(28)29-7-2)31(27(3,4)5,21-15-11-9-12-16-21)22-17-13-10-14-18-22/h9-18,24H,6-8,19-20H2,1-5H3/t24-/m1/s1. The Morgan fingerprint density at radius 3 is 2.00 bits per heavy atom. The molecule has 3 rings (SSSR count). The minimum atomic E-state index is -2.49. The third-order valence-electron chi connectivity index (χ3n) is 6.31. The number of carbonyl (C=O) groups excluding carboxylic acids is 1. The molecule has 0 aromatic heterocycles. The van der Waals surface area contributed by atoms with Crippen molar-refractivity contribution in [1.82, 2.24) is 0 Å². The zero-order valence-electron chi connectivity index (χ0n) is 19.6. The topological polar surface area (TPSA) is 35.5 Å². The highest BCUT2D eigenvalue weighted by Gasteiger charge is 2.54. The molecule has 0 saturated heterocycles. The smallest absolute Gasteiger partial charge is 0.347 e. The molecule has 2 aromatic rings. The van der Waals surface area contributed by atoms with Crippen LogP contribution in [0.1, 0.15) is 60.3 Å². The van der Waals surface area contributed by atoms with Gasteiger partial charge >= 0.3 is 5.97 Å². The number of carbonyl (C=O) groups is 1. The number of esters is 1. The predicted molar refractivity (Wildman–Crippen MR) is 130 cm³/mol. The van der Waals surface area contributed by atoms with Crippen LogP contribution >= 0.6 is 0 Å². The van der Waals surface area contributed by atoms with E-state index in [4.69, 9.17) is 9.47 Å². The van der Waals surface area contributed by atoms with E-state index in [0.29, 0.717) is 13.0 Å². The highest BCUT2D eigenvalue weighted by atomic mass is 28.3. The van der Waals surface area contributed by atoms with Gasteiger partial charge in [-0.3, -0.25) is 0 Å². The van der Waals surface area contributed by atoms with Crippen molar-refractivity contribution < 1.29 is 14.3 Å². The second kappa shape index (κ2) is 9.86. The van der Waals surface area contributed by atoms with E-state index < -0.39 is 14.2 Å². The van der Waals surface area contributed by atoms with Gasteiger partial charge in [-0.05, 0) is 34.0 Å². The van der Waals surface area contributed by atoms with Crippen LogP contribution in [0.4, 0.5) is 0 Å². The van der Waals surface area contributed by atoms with Gasteiger partial charge < -0.3 is 9.47 Å². The molecule has 0 aliphatic carbocycles. The molecule has 0 amide bonds. The molecule has 0 bridgehead atoms. The van der Waals surface area contributed by atoms with Crippen LogP contribution in [0.2, 0.25) is 5.04 Å². The zero-order chi connectivity index (χ0) is 22.5. The number of hydrogen-bond donors (Lipinski definition) is 0. The molecule has 0 radical (unpaired) electrons. The second-order valence-corrected chi connectivity index (χ2v) is 14.1. The number of rotatable bonds is 8. The van der Waals surface area contributed by atoms with Crippen molar-refractivity contribution in [1.29, 1.82) is 0 Å². The first kappa shape index (κ1) is 23.3. The van der Waals surface area contributed by atoms with E-state index in [2.05, 4.69) is 88.4 Å². The van der Waals surface area contributed by atoms with Gasteiger partial charge in [0.15, 0.2) is 14.2 Å². The SMILES string of the molecule is CCCCC1=C([Si](c2ccccc2)(c2ccccc2)C(C)(C)C)C[C@H](C(=O)OCC)O1. The lowest BCUT2D eigenvalue weighted by Crippen LogP contribution is -2.66. The average molecular weight is 437 g/mol. The normalized spacial score (nSPS) is 16.9. The number of allylic oxidation sites excluding steroid dienone is 1. The van der Waals surface area contributed by atoms with Crippen molar-refractivity contribution >= 4 is 24.4 Å². The quantitative estimate of drug-likeness (QED) is 0.411. The minimum Gasteiger partial charge on any atom is -0.483 e. The van der Waals surface area contributed by atoms with Gasteiger partial charge in [-0.1, -0.05) is 94.8 Å². The van der Waals surface area contributed by atoms with Crippen molar-refractivity contribution in [2.75, 3.05) is 6.61 Å². The van der Waals surface area contributed by atoms with Crippen LogP contribution in [0.3, 0.4) is 0 Å². The number of benzene rings is 2. The van der Waals surface area contributed by atoms with Crippen molar-refractivity contribution in [2.24, 2.45) is 0 Å². The summed E-state index contributed by atoms with van der Waals surface area (Å²) in [7, 11) is -2.49. The second-order valence-electron chi connectivity index (χ2n) is 9.30. The maximum absolute atomic E-state index is 12.7. The Hall–Kier alpha value is -2.33. The molecule has 166 valence electrons. The summed E-state index contributed by atoms with van der Waals surface area (Å²) in [6, 6.07) is 21.8. The largest absolute Gasteiger partial charge is 0.483 e. The van der Waals surface area contributed by atoms with Crippen molar-refractivity contribution in [3.05, 3.63) is 71.6 Å². The summed E-state index contributed by atoms with van der Waals surface area (Å²) in [5, 5.41) is 4.07. The van der Waals surface area contributed by atoms with E-state index in [0.717, 1.165) is 25.0 Å². The first-order valence-electron chi connectivity index (χ1n) is 11.5. The van der Waals surface area contributed by atoms with E-state index in [1.54, 1.807) is 0 Å². The third kappa shape index (κ3) is 4.50. The Balaban J connectivity index is 2.27. The summed E-state index contributed by atoms with van der Waals surface area (Å²) < 4.78 is 11.7. The number of hydrogen-bond acceptors (Lipinski definition) is 3. The van der Waals surface area contributed by atoms with Crippen molar-refractivity contribution in [3.8, 4) is 0 Å². The predicted octanol–water partition coefficient (Wildman–Crippen LogP) is 5.39. The highest BCUT2D eigenvalue weighted by molar-refractivity contribution is 7.09. The Bertz CT molecular complexity index is 858. The van der Waals surface area contributed by atoms with Gasteiger partial charge in [0.25, 0.3) is 0 Å². The molecule has 4 heteroatoms. The lowest BCUT2D eigenvalue weighted by molar-refractivity contribution is -0.153. The molecule has 1 aliphatic heterocycles. The highest BCUT2D eigenvalue weighted by Crippen LogP contribution is 2.46. The molecule has 0 N–H and O–H groups in total. The van der Waals surface area contributed by atoms with Crippen LogP contribution in [-0.2, 0) is 14.3 Å². The summed E-state index contributed by atoms with van der Waals surface area (Å²) >= 11 is 0. The fourth-order valence-corrected chi connectivity index (χ4v) is 11.2. The summed E-state index contributed by atoms with van der Waals surface area (Å²) in [4.78, 5) is 12.7. The summed E-state index contributed by atoms with van der Waals surface area (Å²) in [6.07, 6.45) is 3.08. The fraction of sp³-hybridized carbons (Fsp3) is 0.444. The molecule has 31 heavy (non-hydrogen) atoms. The summed E-state index contributed by atoms with van der Waals surface area (Å²) in [5.74, 6) is 0.777. The molecular weight excluding hydrogens is 400 g/mol. The lowest BCUT2D eigenvalue weighted by atomic mass is 10.2. The van der Waals surface area contributed by atoms with Gasteiger partial charge in [0, 0.05) is 12.8 Å². The van der Waals surface area contributed by atoms with Gasteiger partial charge in [-0.2, -0.15) is 0 Å². The number of ether oxygens (including phenoxy) is 2. The van der Waals surface area contributed by atoms with Gasteiger partial charge in [0.2, 0.25) is 0 Å². The van der Waals surface area contributed by atoms with E-state index in [9.17, 15) is 4.79 Å². The Labute approximate surface area is 188 Å². The maximum atomic E-state index is 12.7. The van der Waals surface area contributed by atoms with Gasteiger partial charge in [-0.15, -0.1) is 0 Å². The van der Waals surface area contributed by atoms with E-state index in [-0.39, 0.29) is 11.0 Å². The first-order chi connectivity index (χ1) is 14.9. The molecule has 2 aromatic carbocycles. The third-order valence-corrected chi connectivity index (χ3v) is 12.3. The first-order valence-corrected chi connectivity index (χ1v) is 13.5. The van der Waals surface area contributed by atoms with E-state index in [1.807, 2.05) is 6.92 Å². The van der Waals surface area contributed by atoms with Crippen molar-refractivity contribution in [2.45, 2.75) is 71.4 Å². The van der Waals surface area contributed by atoms with Crippen LogP contribution in [0.25, 0.3) is 0 Å². The van der Waals surface area contributed by atoms with Crippen molar-refractivity contribution in [3.63, 3.8) is 0 Å². The zero-order valence-corrected chi connectivity index (χ0v) is 20.6. The monoisotopic (exact) mass is 436 g/mol. The Morgan fingerprint density at radius 1 is 1.00 bits per heavy atom. The minimum absolute atomic E-state index is 0.0184. The van der Waals surface area contributed by atoms with Crippen LogP contribution in [0.5, 0.6) is 0 Å². The van der Waals surface area contributed by atoms with Crippen LogP contribution in [0.15, 0.2) is 71.6 Å². The average Bonchev–Trinajstić information content (AvgIpc) is 3.18. The summed E-state index contributed by atoms with van der Waals surface area (Å²) in [6.45, 7) is 11.5. The van der Waals surface area contributed by atoms with Crippen LogP contribution < -0.4 is 10.4 Å². The molecule has 1 heterocycles. The molecule has 0 unspecified atom stereocenters. The molecule has 0 spiro atoms. The number of unbranched alkanes of at least 4 members (excludes halogenated alkanes) is 1. The lowest BCUT2D eigenvalue weighted by Gasteiger charge is -2.45.